The van der Waals surface area contributed by atoms with E-state index in [0.29, 0.717) is 104 Å². The average molecular weight is 1540 g/mol. The first-order valence-electron chi connectivity index (χ1n) is 40.5. The molecule has 112 heavy (non-hydrogen) atoms. The number of esters is 9. The highest BCUT2D eigenvalue weighted by molar-refractivity contribution is 5.94. The minimum Gasteiger partial charge on any atom is -0.494 e. The molecule has 0 atom stereocenters. The van der Waals surface area contributed by atoms with Crippen molar-refractivity contribution in [3.05, 3.63) is 181 Å². The summed E-state index contributed by atoms with van der Waals surface area (Å²) in [6, 6.07) is 38.6. The summed E-state index contributed by atoms with van der Waals surface area (Å²) in [4.78, 5) is 112. The van der Waals surface area contributed by atoms with E-state index in [0.717, 1.165) is 139 Å². The fourth-order valence-corrected chi connectivity index (χ4v) is 13.5. The lowest BCUT2D eigenvalue weighted by atomic mass is 9.68. The third-order valence-corrected chi connectivity index (χ3v) is 20.1. The highest BCUT2D eigenvalue weighted by Crippen LogP contribution is 2.43. The fourth-order valence-electron chi connectivity index (χ4n) is 13.5. The summed E-state index contributed by atoms with van der Waals surface area (Å²) < 4.78 is 66.3. The van der Waals surface area contributed by atoms with Crippen molar-refractivity contribution in [3.63, 3.8) is 0 Å². The molecule has 2 saturated carbocycles. The van der Waals surface area contributed by atoms with Gasteiger partial charge >= 0.3 is 53.7 Å². The van der Waals surface area contributed by atoms with Gasteiger partial charge in [0.15, 0.2) is 0 Å². The molecule has 6 aromatic rings. The van der Waals surface area contributed by atoms with Crippen LogP contribution < -0.4 is 37.9 Å². The third kappa shape index (κ3) is 33.7. The Morgan fingerprint density at radius 1 is 0.304 bits per heavy atom. The Labute approximate surface area is 659 Å². The van der Waals surface area contributed by atoms with Crippen molar-refractivity contribution in [2.45, 2.75) is 212 Å². The number of hydrogen-bond donors (Lipinski definition) is 0. The van der Waals surface area contributed by atoms with Gasteiger partial charge in [0.05, 0.1) is 87.3 Å². The maximum atomic E-state index is 13.1. The molecule has 0 heterocycles. The summed E-state index contributed by atoms with van der Waals surface area (Å²) in [5, 5.41) is 0. The molecule has 2 aliphatic rings. The van der Waals surface area contributed by atoms with Crippen LogP contribution in [0, 0.1) is 23.7 Å². The number of carbonyl (C=O) groups excluding carboxylic acids is 9. The van der Waals surface area contributed by atoms with Gasteiger partial charge in [-0.25, -0.2) is 24.0 Å². The van der Waals surface area contributed by atoms with Crippen molar-refractivity contribution >= 4 is 53.7 Å². The SMILES string of the molecule is C=CC(=O)OCCCCCCOc1ccc(C(=O)Oc2ccc(OC(=O)c3ccc(OC(=O)c4ccc(OCCCCCCOC(=O)CCCCCOC(=O)CCC(=O)OCCCCCCCCOc5ccc(C(=O)Oc6ccc(OC(=O)C7CCC(C8CCC(CCCCC)CC8)CC7)cc6)cc5)cc4)cc3)cc2)cc1. The van der Waals surface area contributed by atoms with Gasteiger partial charge < -0.3 is 56.8 Å². The Hall–Kier alpha value is -10.3. The first-order valence-corrected chi connectivity index (χ1v) is 40.5. The molecule has 0 saturated heterocycles. The summed E-state index contributed by atoms with van der Waals surface area (Å²) in [5.74, 6) is 1.71. The Morgan fingerprint density at radius 2 is 0.589 bits per heavy atom. The van der Waals surface area contributed by atoms with Gasteiger partial charge in [-0.05, 0) is 285 Å². The van der Waals surface area contributed by atoms with E-state index in [2.05, 4.69) is 13.5 Å². The van der Waals surface area contributed by atoms with Crippen LogP contribution in [0.1, 0.15) is 254 Å². The summed E-state index contributed by atoms with van der Waals surface area (Å²) in [7, 11) is 0. The second kappa shape index (κ2) is 50.6. The Morgan fingerprint density at radius 3 is 0.938 bits per heavy atom. The summed E-state index contributed by atoms with van der Waals surface area (Å²) in [6.45, 7) is 8.36. The molecule has 6 aromatic carbocycles. The first kappa shape index (κ1) is 87.3. The van der Waals surface area contributed by atoms with Crippen LogP contribution in [-0.4, -0.2) is 100.0 Å². The minimum absolute atomic E-state index is 0.0443. The Kier molecular flexibility index (Phi) is 39.4. The molecular weight excluding hydrogens is 1430 g/mol. The van der Waals surface area contributed by atoms with Crippen molar-refractivity contribution in [2.75, 3.05) is 46.2 Å². The first-order chi connectivity index (χ1) is 54.7. The second-order valence-corrected chi connectivity index (χ2v) is 28.7. The number of benzene rings is 6. The highest BCUT2D eigenvalue weighted by Gasteiger charge is 2.34. The molecule has 0 aromatic heterocycles. The molecule has 8 rings (SSSR count). The summed E-state index contributed by atoms with van der Waals surface area (Å²) >= 11 is 0. The molecule has 0 radical (unpaired) electrons. The van der Waals surface area contributed by atoms with Gasteiger partial charge in [0, 0.05) is 12.5 Å². The number of ether oxygens (including phenoxy) is 12. The minimum atomic E-state index is -0.647. The largest absolute Gasteiger partial charge is 0.494 e. The predicted molar refractivity (Wildman–Crippen MR) is 422 cm³/mol. The van der Waals surface area contributed by atoms with Gasteiger partial charge in [0.25, 0.3) is 0 Å². The van der Waals surface area contributed by atoms with Crippen LogP contribution in [-0.2, 0) is 42.9 Å². The van der Waals surface area contributed by atoms with Crippen LogP contribution in [0.2, 0.25) is 0 Å². The van der Waals surface area contributed by atoms with E-state index in [1.165, 1.54) is 99.9 Å². The van der Waals surface area contributed by atoms with E-state index in [1.807, 2.05) is 0 Å². The van der Waals surface area contributed by atoms with E-state index in [-0.39, 0.29) is 66.5 Å². The quantitative estimate of drug-likeness (QED) is 0.0113. The van der Waals surface area contributed by atoms with E-state index in [9.17, 15) is 43.2 Å². The number of rotatable bonds is 51. The van der Waals surface area contributed by atoms with Crippen LogP contribution in [0.15, 0.2) is 158 Å². The fraction of sp³-hybridized carbons (Fsp3) is 0.484. The molecule has 2 fully saturated rings. The molecule has 21 heteroatoms. The van der Waals surface area contributed by atoms with E-state index < -0.39 is 41.8 Å². The molecule has 0 bridgehead atoms. The van der Waals surface area contributed by atoms with Gasteiger partial charge in [-0.2, -0.15) is 0 Å². The zero-order valence-electron chi connectivity index (χ0n) is 65.1. The lowest BCUT2D eigenvalue weighted by Gasteiger charge is -2.37. The molecule has 21 nitrogen and oxygen atoms in total. The topological polar surface area (TPSA) is 264 Å². The number of unbranched alkanes of at least 4 members (excludes halogenated alkanes) is 15. The van der Waals surface area contributed by atoms with Crippen LogP contribution >= 0.6 is 0 Å². The second-order valence-electron chi connectivity index (χ2n) is 28.7. The van der Waals surface area contributed by atoms with E-state index in [4.69, 9.17) is 56.8 Å². The molecular formula is C91H112O21. The third-order valence-electron chi connectivity index (χ3n) is 20.1. The van der Waals surface area contributed by atoms with E-state index >= 15 is 0 Å². The molecule has 0 amide bonds. The Bertz CT molecular complexity index is 3820. The maximum absolute atomic E-state index is 13.1. The predicted octanol–water partition coefficient (Wildman–Crippen LogP) is 19.7. The standard InChI is InChI=1S/C91H112O21/c1-3-5-15-24-67-26-28-68(29-27-67)69-30-32-70(33-31-69)87(96)109-79-50-52-80(53-51-79)110-89(98)72-36-44-75(45-37-72)101-60-17-8-6-7-9-20-65-106-85(94)58-59-86(95)107-66-23-14-16-25-84(93)105-64-22-13-11-19-62-103-76-42-34-71(35-43-76)88(97)108-78-48-40-74(41-49-78)91(100)112-82-56-54-81(55-57-82)111-90(99)73-38-46-77(47-39-73)102-61-18-10-12-21-63-104-83(92)4-2/h4,34-57,67-70H,2-3,5-33,58-66H2,1H3. The zero-order chi connectivity index (χ0) is 79.2. The molecule has 2 aliphatic carbocycles. The molecule has 602 valence electrons. The monoisotopic (exact) mass is 1540 g/mol. The van der Waals surface area contributed by atoms with Crippen molar-refractivity contribution < 1.29 is 100.0 Å². The smallest absolute Gasteiger partial charge is 0.343 e. The lowest BCUT2D eigenvalue weighted by Crippen LogP contribution is -2.30. The van der Waals surface area contributed by atoms with Crippen molar-refractivity contribution in [2.24, 2.45) is 23.7 Å². The summed E-state index contributed by atoms with van der Waals surface area (Å²) in [5.41, 5.74) is 1.24. The molecule has 0 spiro atoms. The highest BCUT2D eigenvalue weighted by atomic mass is 16.6. The van der Waals surface area contributed by atoms with Gasteiger partial charge in [-0.15, -0.1) is 0 Å². The van der Waals surface area contributed by atoms with Gasteiger partial charge in [0.1, 0.15) is 46.0 Å². The van der Waals surface area contributed by atoms with Gasteiger partial charge in [-0.1, -0.05) is 77.7 Å². The zero-order valence-corrected chi connectivity index (χ0v) is 65.1. The van der Waals surface area contributed by atoms with Crippen LogP contribution in [0.25, 0.3) is 0 Å². The maximum Gasteiger partial charge on any atom is 0.343 e. The van der Waals surface area contributed by atoms with Crippen LogP contribution in [0.5, 0.6) is 46.0 Å². The van der Waals surface area contributed by atoms with Crippen molar-refractivity contribution in [3.8, 4) is 46.0 Å². The number of carbonyl (C=O) groups is 9. The molecule has 0 unspecified atom stereocenters. The molecule has 0 N–H and O–H groups in total. The summed E-state index contributed by atoms with van der Waals surface area (Å²) in [6.07, 6.45) is 30.2. The average Bonchev–Trinajstić information content (AvgIpc) is 0.940. The van der Waals surface area contributed by atoms with Crippen molar-refractivity contribution in [1.82, 2.24) is 0 Å². The van der Waals surface area contributed by atoms with Crippen LogP contribution in [0.3, 0.4) is 0 Å². The molecule has 0 aliphatic heterocycles. The number of hydrogen-bond acceptors (Lipinski definition) is 21. The van der Waals surface area contributed by atoms with Crippen molar-refractivity contribution in [1.29, 1.82) is 0 Å². The Balaban J connectivity index is 0.544. The van der Waals surface area contributed by atoms with Crippen LogP contribution in [0.4, 0.5) is 0 Å². The normalized spacial score (nSPS) is 15.1. The van der Waals surface area contributed by atoms with Gasteiger partial charge in [0.2, 0.25) is 0 Å². The van der Waals surface area contributed by atoms with Gasteiger partial charge in [-0.3, -0.25) is 19.2 Å². The lowest BCUT2D eigenvalue weighted by molar-refractivity contribution is -0.150. The van der Waals surface area contributed by atoms with E-state index in [1.54, 1.807) is 97.1 Å².